The molecule has 0 radical (unpaired) electrons. The summed E-state index contributed by atoms with van der Waals surface area (Å²) in [7, 11) is -3.72. The van der Waals surface area contributed by atoms with E-state index in [4.69, 9.17) is 14.2 Å². The molecule has 2 aromatic rings. The smallest absolute Gasteiger partial charge is 0.323 e. The average molecular weight is 619 g/mol. The summed E-state index contributed by atoms with van der Waals surface area (Å²) in [5, 5.41) is 16.2. The van der Waals surface area contributed by atoms with Crippen molar-refractivity contribution >= 4 is 19.4 Å². The van der Waals surface area contributed by atoms with Crippen LogP contribution in [-0.4, -0.2) is 48.7 Å². The second-order valence-electron chi connectivity index (χ2n) is 12.0. The van der Waals surface area contributed by atoms with Crippen LogP contribution in [0.2, 0.25) is 0 Å². The SMILES string of the molecule is CCOC(=O)[C@@H](NP(=O)(COc1cc(C)c(Cc2ccc(O)c(C(C)C)c2)c(C)c1)N[C@H](C(=O)OCC)C(C)C)C(C)C. The Morgan fingerprint density at radius 1 is 0.837 bits per heavy atom. The number of phenols is 1. The number of hydrogen-bond acceptors (Lipinski definition) is 7. The molecule has 3 N–H and O–H groups in total. The van der Waals surface area contributed by atoms with Crippen LogP contribution in [0.5, 0.6) is 11.5 Å². The van der Waals surface area contributed by atoms with Crippen LogP contribution in [0.4, 0.5) is 0 Å². The van der Waals surface area contributed by atoms with Crippen LogP contribution >= 0.6 is 7.44 Å². The third kappa shape index (κ3) is 10.4. The van der Waals surface area contributed by atoms with Crippen molar-refractivity contribution in [1.82, 2.24) is 10.2 Å². The molecule has 0 saturated heterocycles. The van der Waals surface area contributed by atoms with Crippen molar-refractivity contribution in [2.24, 2.45) is 11.8 Å². The van der Waals surface area contributed by atoms with Gasteiger partial charge >= 0.3 is 11.9 Å². The molecule has 240 valence electrons. The molecule has 0 bridgehead atoms. The van der Waals surface area contributed by atoms with Gasteiger partial charge in [-0.3, -0.25) is 14.2 Å². The lowest BCUT2D eigenvalue weighted by Crippen LogP contribution is -2.48. The van der Waals surface area contributed by atoms with E-state index in [9.17, 15) is 19.3 Å². The van der Waals surface area contributed by atoms with Gasteiger partial charge in [-0.1, -0.05) is 53.7 Å². The number of benzene rings is 2. The highest BCUT2D eigenvalue weighted by molar-refractivity contribution is 7.59. The molecule has 0 aliphatic heterocycles. The first-order valence-electron chi connectivity index (χ1n) is 15.1. The molecule has 0 aliphatic carbocycles. The molecule has 0 aromatic heterocycles. The number of phenolic OH excluding ortho intramolecular Hbond substituents is 1. The number of aryl methyl sites for hydroxylation is 2. The molecule has 0 saturated carbocycles. The third-order valence-electron chi connectivity index (χ3n) is 7.29. The summed E-state index contributed by atoms with van der Waals surface area (Å²) in [4.78, 5) is 25.5. The molecule has 0 spiro atoms. The normalized spacial score (nSPS) is 13.3. The van der Waals surface area contributed by atoms with Crippen molar-refractivity contribution < 1.29 is 33.5 Å². The van der Waals surface area contributed by atoms with Crippen LogP contribution in [0, 0.1) is 25.7 Å². The van der Waals surface area contributed by atoms with Gasteiger partial charge in [-0.15, -0.1) is 0 Å². The van der Waals surface area contributed by atoms with E-state index in [0.717, 1.165) is 27.8 Å². The number of nitrogens with one attached hydrogen (secondary N) is 2. The van der Waals surface area contributed by atoms with Gasteiger partial charge in [-0.2, -0.15) is 0 Å². The summed E-state index contributed by atoms with van der Waals surface area (Å²) in [5.41, 5.74) is 5.15. The molecular formula is C33H51N2O7P. The van der Waals surface area contributed by atoms with Crippen molar-refractivity contribution in [2.45, 2.75) is 93.7 Å². The Balaban J connectivity index is 2.38. The maximum Gasteiger partial charge on any atom is 0.323 e. The standard InChI is InChI=1S/C33H51N2O7P/c1-11-40-32(37)30(21(5)6)34-43(39,35-31(22(7)8)33(38)41-12-2)19-42-26-15-23(9)28(24(10)16-26)18-25-13-14-29(36)27(17-25)20(3)4/h13-17,20-22,30-31,36H,11-12,18-19H2,1-10H3,(H2,34,35,39)/t30-,31-/m0/s1. The molecule has 0 fully saturated rings. The predicted octanol–water partition coefficient (Wildman–Crippen LogP) is 6.61. The first-order chi connectivity index (χ1) is 20.1. The Hall–Kier alpha value is -2.87. The van der Waals surface area contributed by atoms with Gasteiger partial charge < -0.3 is 19.3 Å². The lowest BCUT2D eigenvalue weighted by molar-refractivity contribution is -0.146. The van der Waals surface area contributed by atoms with E-state index in [-0.39, 0.29) is 37.3 Å². The first kappa shape index (κ1) is 36.3. The van der Waals surface area contributed by atoms with Crippen LogP contribution in [0.15, 0.2) is 30.3 Å². The maximum absolute atomic E-state index is 14.4. The van der Waals surface area contributed by atoms with Crippen LogP contribution < -0.4 is 14.9 Å². The summed E-state index contributed by atoms with van der Waals surface area (Å²) in [5.74, 6) is -0.513. The Morgan fingerprint density at radius 3 is 1.74 bits per heavy atom. The highest BCUT2D eigenvalue weighted by Crippen LogP contribution is 2.40. The van der Waals surface area contributed by atoms with E-state index in [1.54, 1.807) is 19.9 Å². The van der Waals surface area contributed by atoms with E-state index in [1.807, 2.05) is 65.8 Å². The van der Waals surface area contributed by atoms with Gasteiger partial charge in [0, 0.05) is 0 Å². The van der Waals surface area contributed by atoms with E-state index < -0.39 is 31.5 Å². The molecule has 43 heavy (non-hydrogen) atoms. The van der Waals surface area contributed by atoms with E-state index in [1.165, 1.54) is 0 Å². The van der Waals surface area contributed by atoms with Crippen LogP contribution in [0.1, 0.15) is 89.1 Å². The predicted molar refractivity (Wildman–Crippen MR) is 171 cm³/mol. The number of hydrogen-bond donors (Lipinski definition) is 3. The minimum atomic E-state index is -3.72. The van der Waals surface area contributed by atoms with Crippen LogP contribution in [0.25, 0.3) is 0 Å². The fraction of sp³-hybridized carbons (Fsp3) is 0.576. The largest absolute Gasteiger partial charge is 0.508 e. The fourth-order valence-electron chi connectivity index (χ4n) is 4.83. The molecule has 10 heteroatoms. The zero-order valence-electron chi connectivity index (χ0n) is 27.4. The number of ether oxygens (including phenoxy) is 3. The van der Waals surface area contributed by atoms with Gasteiger partial charge in [0.15, 0.2) is 6.35 Å². The highest BCUT2D eigenvalue weighted by Gasteiger charge is 2.38. The van der Waals surface area contributed by atoms with Gasteiger partial charge in [0.25, 0.3) is 0 Å². The second-order valence-corrected chi connectivity index (χ2v) is 14.2. The Kier molecular flexibility index (Phi) is 13.7. The summed E-state index contributed by atoms with van der Waals surface area (Å²) >= 11 is 0. The van der Waals surface area contributed by atoms with Crippen LogP contribution in [0.3, 0.4) is 0 Å². The zero-order chi connectivity index (χ0) is 32.5. The van der Waals surface area contributed by atoms with Crippen molar-refractivity contribution in [3.63, 3.8) is 0 Å². The second kappa shape index (κ2) is 16.3. The number of carbonyl (C=O) groups is 2. The van der Waals surface area contributed by atoms with Gasteiger partial charge in [0.05, 0.1) is 13.2 Å². The molecule has 2 atom stereocenters. The van der Waals surface area contributed by atoms with E-state index >= 15 is 0 Å². The van der Waals surface area contributed by atoms with Crippen molar-refractivity contribution in [1.29, 1.82) is 0 Å². The fourth-order valence-corrected chi connectivity index (χ4v) is 7.10. The van der Waals surface area contributed by atoms with Crippen LogP contribution in [-0.2, 0) is 30.0 Å². The Morgan fingerprint density at radius 2 is 1.33 bits per heavy atom. The van der Waals surface area contributed by atoms with E-state index in [0.29, 0.717) is 17.9 Å². The summed E-state index contributed by atoms with van der Waals surface area (Å²) < 4.78 is 31.0. The number of rotatable bonds is 16. The summed E-state index contributed by atoms with van der Waals surface area (Å²) in [6.07, 6.45) is 0.372. The third-order valence-corrected chi connectivity index (χ3v) is 9.17. The monoisotopic (exact) mass is 618 g/mol. The molecule has 2 rings (SSSR count). The number of esters is 2. The quantitative estimate of drug-likeness (QED) is 0.141. The van der Waals surface area contributed by atoms with E-state index in [2.05, 4.69) is 24.0 Å². The van der Waals surface area contributed by atoms with Gasteiger partial charge in [0.2, 0.25) is 7.44 Å². The summed E-state index contributed by atoms with van der Waals surface area (Å²) in [6, 6.07) is 7.74. The molecular weight excluding hydrogens is 567 g/mol. The molecule has 0 heterocycles. The Bertz CT molecular complexity index is 1230. The van der Waals surface area contributed by atoms with Crippen molar-refractivity contribution in [3.05, 3.63) is 58.1 Å². The maximum atomic E-state index is 14.4. The Labute approximate surface area is 257 Å². The van der Waals surface area contributed by atoms with Gasteiger partial charge in [0.1, 0.15) is 23.6 Å². The lowest BCUT2D eigenvalue weighted by atomic mass is 9.93. The van der Waals surface area contributed by atoms with Crippen molar-refractivity contribution in [3.8, 4) is 11.5 Å². The highest BCUT2D eigenvalue weighted by atomic mass is 31.2. The zero-order valence-corrected chi connectivity index (χ0v) is 28.3. The topological polar surface area (TPSA) is 123 Å². The van der Waals surface area contributed by atoms with Crippen molar-refractivity contribution in [2.75, 3.05) is 19.6 Å². The minimum absolute atomic E-state index is 0.184. The number of carbonyl (C=O) groups excluding carboxylic acids is 2. The van der Waals surface area contributed by atoms with Gasteiger partial charge in [-0.25, -0.2) is 10.2 Å². The first-order valence-corrected chi connectivity index (χ1v) is 17.0. The molecule has 9 nitrogen and oxygen atoms in total. The average Bonchev–Trinajstić information content (AvgIpc) is 2.92. The minimum Gasteiger partial charge on any atom is -0.508 e. The molecule has 0 amide bonds. The summed E-state index contributed by atoms with van der Waals surface area (Å²) in [6.45, 7) is 19.2. The molecule has 0 unspecified atom stereocenters. The molecule has 0 aliphatic rings. The molecule has 2 aromatic carbocycles. The van der Waals surface area contributed by atoms with Gasteiger partial charge in [-0.05, 0) is 97.9 Å². The lowest BCUT2D eigenvalue weighted by Gasteiger charge is -2.31. The number of aromatic hydroxyl groups is 1.